The maximum atomic E-state index is 12.4. The maximum Gasteiger partial charge on any atom is 0.223 e. The second-order valence-corrected chi connectivity index (χ2v) is 8.06. The van der Waals surface area contributed by atoms with Crippen LogP contribution >= 0.6 is 23.8 Å². The molecule has 1 unspecified atom stereocenters. The summed E-state index contributed by atoms with van der Waals surface area (Å²) in [6.45, 7) is 3.51. The summed E-state index contributed by atoms with van der Waals surface area (Å²) in [4.78, 5) is 2.09. The molecule has 8 heteroatoms. The van der Waals surface area contributed by atoms with Crippen LogP contribution in [0.4, 0.5) is 5.69 Å². The Kier molecular flexibility index (Phi) is 5.08. The Morgan fingerprint density at radius 3 is 2.38 bits per heavy atom. The number of piperazine rings is 1. The minimum absolute atomic E-state index is 0.00327. The molecule has 0 aliphatic carbocycles. The van der Waals surface area contributed by atoms with E-state index in [1.54, 1.807) is 0 Å². The molecule has 1 aliphatic rings. The SMILES string of the molecule is CC(C(N)=S)S(=O)(=O)N1CCN(c2ccccc2Cl)CC1. The highest BCUT2D eigenvalue weighted by atomic mass is 35.5. The summed E-state index contributed by atoms with van der Waals surface area (Å²) in [5, 5.41) is -0.162. The van der Waals surface area contributed by atoms with Gasteiger partial charge in [-0.05, 0) is 19.1 Å². The molecule has 0 bridgehead atoms. The zero-order valence-electron chi connectivity index (χ0n) is 11.7. The Hall–Kier alpha value is -0.890. The molecule has 0 amide bonds. The molecule has 1 atom stereocenters. The van der Waals surface area contributed by atoms with Gasteiger partial charge in [-0.25, -0.2) is 8.42 Å². The Labute approximate surface area is 135 Å². The molecule has 0 spiro atoms. The molecule has 1 aliphatic heterocycles. The maximum absolute atomic E-state index is 12.4. The predicted octanol–water partition coefficient (Wildman–Crippen LogP) is 1.47. The molecule has 2 N–H and O–H groups in total. The van der Waals surface area contributed by atoms with E-state index < -0.39 is 15.3 Å². The molecule has 1 aromatic carbocycles. The Morgan fingerprint density at radius 2 is 1.86 bits per heavy atom. The third kappa shape index (κ3) is 3.48. The van der Waals surface area contributed by atoms with Crippen LogP contribution in [-0.4, -0.2) is 49.1 Å². The van der Waals surface area contributed by atoms with Crippen LogP contribution in [-0.2, 0) is 10.0 Å². The second kappa shape index (κ2) is 6.48. The van der Waals surface area contributed by atoms with E-state index in [9.17, 15) is 8.42 Å². The largest absolute Gasteiger partial charge is 0.392 e. The fourth-order valence-corrected chi connectivity index (χ4v) is 4.30. The van der Waals surface area contributed by atoms with Crippen molar-refractivity contribution in [2.24, 2.45) is 5.73 Å². The van der Waals surface area contributed by atoms with Gasteiger partial charge in [0.25, 0.3) is 0 Å². The van der Waals surface area contributed by atoms with E-state index in [1.165, 1.54) is 11.2 Å². The summed E-state index contributed by atoms with van der Waals surface area (Å²) in [5.41, 5.74) is 6.39. The van der Waals surface area contributed by atoms with E-state index in [1.807, 2.05) is 24.3 Å². The minimum Gasteiger partial charge on any atom is -0.392 e. The molecular weight excluding hydrogens is 330 g/mol. The van der Waals surface area contributed by atoms with Gasteiger partial charge >= 0.3 is 0 Å². The van der Waals surface area contributed by atoms with Crippen LogP contribution < -0.4 is 10.6 Å². The number of halogens is 1. The topological polar surface area (TPSA) is 66.6 Å². The molecule has 0 saturated carbocycles. The van der Waals surface area contributed by atoms with E-state index in [4.69, 9.17) is 29.6 Å². The Balaban J connectivity index is 2.07. The lowest BCUT2D eigenvalue weighted by molar-refractivity contribution is 0.383. The van der Waals surface area contributed by atoms with Gasteiger partial charge in [0, 0.05) is 26.2 Å². The average molecular weight is 348 g/mol. The molecule has 2 rings (SSSR count). The normalized spacial score (nSPS) is 18.5. The van der Waals surface area contributed by atoms with Crippen molar-refractivity contribution in [3.63, 3.8) is 0 Å². The summed E-state index contributed by atoms with van der Waals surface area (Å²) in [6, 6.07) is 7.55. The van der Waals surface area contributed by atoms with E-state index in [2.05, 4.69) is 4.90 Å². The van der Waals surface area contributed by atoms with Crippen LogP contribution in [0.1, 0.15) is 6.92 Å². The molecule has 1 saturated heterocycles. The van der Waals surface area contributed by atoms with Gasteiger partial charge in [0.05, 0.1) is 15.7 Å². The molecule has 1 fully saturated rings. The van der Waals surface area contributed by atoms with Crippen molar-refractivity contribution < 1.29 is 8.42 Å². The number of sulfonamides is 1. The van der Waals surface area contributed by atoms with Gasteiger partial charge in [-0.3, -0.25) is 0 Å². The molecule has 1 heterocycles. The highest BCUT2D eigenvalue weighted by molar-refractivity contribution is 7.92. The van der Waals surface area contributed by atoms with Crippen molar-refractivity contribution >= 4 is 44.5 Å². The van der Waals surface area contributed by atoms with Crippen molar-refractivity contribution in [2.75, 3.05) is 31.1 Å². The Morgan fingerprint density at radius 1 is 1.29 bits per heavy atom. The summed E-state index contributed by atoms with van der Waals surface area (Å²) in [7, 11) is -3.47. The van der Waals surface area contributed by atoms with E-state index in [0.29, 0.717) is 31.2 Å². The number of nitrogens with zero attached hydrogens (tertiary/aromatic N) is 2. The number of thiocarbonyl (C=S) groups is 1. The third-order valence-electron chi connectivity index (χ3n) is 3.64. The molecular formula is C13H18ClN3O2S2. The van der Waals surface area contributed by atoms with Gasteiger partial charge in [-0.2, -0.15) is 4.31 Å². The minimum atomic E-state index is -3.47. The number of anilines is 1. The third-order valence-corrected chi connectivity index (χ3v) is 6.69. The van der Waals surface area contributed by atoms with Crippen molar-refractivity contribution in [1.82, 2.24) is 4.31 Å². The van der Waals surface area contributed by atoms with E-state index in [0.717, 1.165) is 5.69 Å². The van der Waals surface area contributed by atoms with Crippen LogP contribution in [0.5, 0.6) is 0 Å². The van der Waals surface area contributed by atoms with Crippen LogP contribution in [0.25, 0.3) is 0 Å². The highest BCUT2D eigenvalue weighted by Crippen LogP contribution is 2.26. The molecule has 5 nitrogen and oxygen atoms in total. The number of rotatable bonds is 4. The van der Waals surface area contributed by atoms with Gasteiger partial charge in [-0.15, -0.1) is 0 Å². The zero-order chi connectivity index (χ0) is 15.6. The monoisotopic (exact) mass is 347 g/mol. The van der Waals surface area contributed by atoms with E-state index in [-0.39, 0.29) is 4.99 Å². The standard InChI is InChI=1S/C13H18ClN3O2S2/c1-10(13(15)20)21(18,19)17-8-6-16(7-9-17)12-5-3-2-4-11(12)14/h2-5,10H,6-9H2,1H3,(H2,15,20). The number of hydrogen-bond donors (Lipinski definition) is 1. The smallest absolute Gasteiger partial charge is 0.223 e. The fourth-order valence-electron chi connectivity index (χ4n) is 2.26. The molecule has 0 aromatic heterocycles. The first-order valence-corrected chi connectivity index (χ1v) is 8.90. The van der Waals surface area contributed by atoms with Gasteiger partial charge in [0.1, 0.15) is 5.25 Å². The summed E-state index contributed by atoms with van der Waals surface area (Å²) in [5.74, 6) is 0. The number of hydrogen-bond acceptors (Lipinski definition) is 4. The molecule has 21 heavy (non-hydrogen) atoms. The predicted molar refractivity (Wildman–Crippen MR) is 90.4 cm³/mol. The summed E-state index contributed by atoms with van der Waals surface area (Å²) >= 11 is 11.0. The number of benzene rings is 1. The number of nitrogens with two attached hydrogens (primary N) is 1. The van der Waals surface area contributed by atoms with Gasteiger partial charge in [0.2, 0.25) is 10.0 Å². The first-order chi connectivity index (χ1) is 9.84. The van der Waals surface area contributed by atoms with Crippen molar-refractivity contribution in [2.45, 2.75) is 12.2 Å². The quantitative estimate of drug-likeness (QED) is 0.835. The van der Waals surface area contributed by atoms with Crippen LogP contribution in [0, 0.1) is 0 Å². The summed E-state index contributed by atoms with van der Waals surface area (Å²) in [6.07, 6.45) is 0. The van der Waals surface area contributed by atoms with Crippen molar-refractivity contribution in [3.8, 4) is 0 Å². The lowest BCUT2D eigenvalue weighted by Crippen LogP contribution is -2.52. The summed E-state index contributed by atoms with van der Waals surface area (Å²) < 4.78 is 26.2. The van der Waals surface area contributed by atoms with Crippen LogP contribution in [0.15, 0.2) is 24.3 Å². The Bertz CT molecular complexity index is 628. The fraction of sp³-hybridized carbons (Fsp3) is 0.462. The van der Waals surface area contributed by atoms with Crippen molar-refractivity contribution in [1.29, 1.82) is 0 Å². The molecule has 1 aromatic rings. The molecule has 0 radical (unpaired) electrons. The van der Waals surface area contributed by atoms with Gasteiger partial charge in [0.15, 0.2) is 0 Å². The first kappa shape index (κ1) is 16.5. The van der Waals surface area contributed by atoms with E-state index >= 15 is 0 Å². The van der Waals surface area contributed by atoms with Crippen LogP contribution in [0.3, 0.4) is 0 Å². The first-order valence-electron chi connectivity index (χ1n) is 6.62. The highest BCUT2D eigenvalue weighted by Gasteiger charge is 2.33. The lowest BCUT2D eigenvalue weighted by Gasteiger charge is -2.36. The number of para-hydroxylation sites is 1. The lowest BCUT2D eigenvalue weighted by atomic mass is 10.2. The van der Waals surface area contributed by atoms with Gasteiger partial charge < -0.3 is 10.6 Å². The van der Waals surface area contributed by atoms with Gasteiger partial charge in [-0.1, -0.05) is 36.0 Å². The van der Waals surface area contributed by atoms with Crippen molar-refractivity contribution in [3.05, 3.63) is 29.3 Å². The second-order valence-electron chi connectivity index (χ2n) is 4.93. The zero-order valence-corrected chi connectivity index (χ0v) is 14.1. The molecule has 116 valence electrons. The average Bonchev–Trinajstić information content (AvgIpc) is 2.47. The van der Waals surface area contributed by atoms with Crippen LogP contribution in [0.2, 0.25) is 5.02 Å².